The number of halogens is 1. The highest BCUT2D eigenvalue weighted by Crippen LogP contribution is 2.19. The van der Waals surface area contributed by atoms with E-state index in [0.29, 0.717) is 5.70 Å². The molecule has 5 nitrogen and oxygen atoms in total. The van der Waals surface area contributed by atoms with Crippen LogP contribution in [0, 0.1) is 0 Å². The molecule has 0 heterocycles. The minimum atomic E-state index is -0.987. The Morgan fingerprint density at radius 1 is 1.39 bits per heavy atom. The van der Waals surface area contributed by atoms with Gasteiger partial charge in [-0.05, 0) is 38.7 Å². The van der Waals surface area contributed by atoms with Gasteiger partial charge in [-0.25, -0.2) is 4.79 Å². The molecule has 1 aliphatic rings. The number of allylic oxidation sites excluding steroid dienone is 1. The molecule has 102 valence electrons. The summed E-state index contributed by atoms with van der Waals surface area (Å²) in [5.74, 6) is -0.987. The highest BCUT2D eigenvalue weighted by Gasteiger charge is 2.20. The average molecular weight is 274 g/mol. The van der Waals surface area contributed by atoms with Gasteiger partial charge in [0, 0.05) is 17.8 Å². The third kappa shape index (κ3) is 4.58. The van der Waals surface area contributed by atoms with Gasteiger partial charge >= 0.3 is 5.97 Å². The highest BCUT2D eigenvalue weighted by atomic mass is 35.5. The van der Waals surface area contributed by atoms with E-state index in [1.54, 1.807) is 0 Å². The first-order valence-corrected chi connectivity index (χ1v) is 6.37. The van der Waals surface area contributed by atoms with Gasteiger partial charge in [0.05, 0.1) is 5.57 Å². The number of carboxylic acid groups (broad SMARTS) is 1. The van der Waals surface area contributed by atoms with Crippen molar-refractivity contribution in [2.24, 2.45) is 11.5 Å². The Bertz CT molecular complexity index is 368. The third-order valence-electron chi connectivity index (χ3n) is 3.14. The number of hydrogen-bond donors (Lipinski definition) is 4. The van der Waals surface area contributed by atoms with E-state index in [9.17, 15) is 4.79 Å². The van der Waals surface area contributed by atoms with E-state index < -0.39 is 5.97 Å². The zero-order chi connectivity index (χ0) is 13.7. The van der Waals surface area contributed by atoms with E-state index in [0.717, 1.165) is 25.7 Å². The van der Waals surface area contributed by atoms with E-state index in [4.69, 9.17) is 28.2 Å². The number of rotatable bonds is 4. The number of nitrogens with one attached hydrogen (secondary N) is 1. The molecule has 0 radical (unpaired) electrons. The maximum atomic E-state index is 11.0. The second kappa shape index (κ2) is 6.66. The van der Waals surface area contributed by atoms with Crippen LogP contribution >= 0.6 is 11.6 Å². The molecule has 1 aliphatic carbocycles. The highest BCUT2D eigenvalue weighted by molar-refractivity contribution is 6.29. The topological polar surface area (TPSA) is 101 Å². The maximum absolute atomic E-state index is 11.0. The van der Waals surface area contributed by atoms with Crippen molar-refractivity contribution in [3.8, 4) is 0 Å². The number of aliphatic carboxylic acids is 1. The van der Waals surface area contributed by atoms with Gasteiger partial charge in [0.25, 0.3) is 0 Å². The molecule has 18 heavy (non-hydrogen) atoms. The summed E-state index contributed by atoms with van der Waals surface area (Å²) in [6.45, 7) is 1.52. The van der Waals surface area contributed by atoms with E-state index in [1.807, 2.05) is 0 Å². The Hall–Kier alpha value is -1.20. The van der Waals surface area contributed by atoms with Crippen LogP contribution in [0.1, 0.15) is 32.6 Å². The Morgan fingerprint density at radius 2 is 1.94 bits per heavy atom. The van der Waals surface area contributed by atoms with Crippen molar-refractivity contribution in [2.75, 3.05) is 0 Å². The molecule has 0 aromatic heterocycles. The third-order valence-corrected chi connectivity index (χ3v) is 3.25. The van der Waals surface area contributed by atoms with Crippen LogP contribution < -0.4 is 16.8 Å². The van der Waals surface area contributed by atoms with Crippen LogP contribution in [0.15, 0.2) is 22.5 Å². The number of nitrogens with two attached hydrogens (primary N) is 2. The quantitative estimate of drug-likeness (QED) is 0.351. The molecule has 0 saturated heterocycles. The van der Waals surface area contributed by atoms with Crippen LogP contribution in [0.3, 0.4) is 0 Å². The molecular formula is C12H20ClN3O2. The summed E-state index contributed by atoms with van der Waals surface area (Å²) in [6, 6.07) is 0.478. The first-order valence-electron chi connectivity index (χ1n) is 5.99. The lowest BCUT2D eigenvalue weighted by molar-refractivity contribution is -0.132. The molecule has 6 heteroatoms. The number of carboxylic acids is 1. The molecule has 0 atom stereocenters. The first kappa shape index (κ1) is 14.9. The largest absolute Gasteiger partial charge is 0.478 e. The summed E-state index contributed by atoms with van der Waals surface area (Å²) in [5, 5.41) is 12.3. The molecule has 0 aliphatic heterocycles. The smallest absolute Gasteiger partial charge is 0.333 e. The SMILES string of the molecule is C/C(C(=O)O)=C(\C=C(/N)Cl)NC1CCC(N)CC1. The normalized spacial score (nSPS) is 26.5. The van der Waals surface area contributed by atoms with Crippen molar-refractivity contribution >= 4 is 17.6 Å². The Kier molecular flexibility index (Phi) is 5.50. The molecule has 0 aromatic carbocycles. The van der Waals surface area contributed by atoms with E-state index in [2.05, 4.69) is 5.32 Å². The molecule has 0 bridgehead atoms. The molecule has 1 rings (SSSR count). The van der Waals surface area contributed by atoms with E-state index in [-0.39, 0.29) is 22.8 Å². The molecule has 0 unspecified atom stereocenters. The second-order valence-corrected chi connectivity index (χ2v) is 5.07. The van der Waals surface area contributed by atoms with Gasteiger partial charge in [-0.3, -0.25) is 0 Å². The lowest BCUT2D eigenvalue weighted by Gasteiger charge is -2.28. The Morgan fingerprint density at radius 3 is 2.39 bits per heavy atom. The second-order valence-electron chi connectivity index (χ2n) is 4.63. The molecule has 6 N–H and O–H groups in total. The lowest BCUT2D eigenvalue weighted by Crippen LogP contribution is -2.37. The summed E-state index contributed by atoms with van der Waals surface area (Å²) in [5.41, 5.74) is 11.9. The predicted molar refractivity (Wildman–Crippen MR) is 71.8 cm³/mol. The average Bonchev–Trinajstić information content (AvgIpc) is 2.29. The molecule has 0 aromatic rings. The molecule has 1 fully saturated rings. The van der Waals surface area contributed by atoms with Gasteiger partial charge in [0.2, 0.25) is 0 Å². The van der Waals surface area contributed by atoms with Crippen molar-refractivity contribution in [3.63, 3.8) is 0 Å². The molecule has 0 amide bonds. The van der Waals surface area contributed by atoms with Crippen molar-refractivity contribution in [1.82, 2.24) is 5.32 Å². The van der Waals surface area contributed by atoms with Crippen LogP contribution in [0.5, 0.6) is 0 Å². The zero-order valence-electron chi connectivity index (χ0n) is 10.4. The summed E-state index contributed by atoms with van der Waals surface area (Å²) >= 11 is 5.61. The van der Waals surface area contributed by atoms with Crippen LogP contribution in [0.25, 0.3) is 0 Å². The van der Waals surface area contributed by atoms with Gasteiger partial charge in [-0.15, -0.1) is 0 Å². The fourth-order valence-electron chi connectivity index (χ4n) is 1.99. The number of carbonyl (C=O) groups is 1. The molecule has 0 spiro atoms. The lowest BCUT2D eigenvalue weighted by atomic mass is 9.91. The standard InChI is InChI=1S/C12H20ClN3O2/c1-7(12(17)18)10(6-11(13)15)16-9-4-2-8(14)3-5-9/h6,8-9,16H,2-5,14-15H2,1H3,(H,17,18)/b10-7-,11-6-. The minimum absolute atomic E-state index is 0.0608. The van der Waals surface area contributed by atoms with Gasteiger partial charge in [0.15, 0.2) is 0 Å². The minimum Gasteiger partial charge on any atom is -0.478 e. The summed E-state index contributed by atoms with van der Waals surface area (Å²) < 4.78 is 0. The van der Waals surface area contributed by atoms with Crippen molar-refractivity contribution in [3.05, 3.63) is 22.5 Å². The first-order chi connectivity index (χ1) is 8.40. The fourth-order valence-corrected chi connectivity index (χ4v) is 2.10. The predicted octanol–water partition coefficient (Wildman–Crippen LogP) is 1.24. The Balaban J connectivity index is 2.77. The monoisotopic (exact) mass is 273 g/mol. The molecule has 1 saturated carbocycles. The van der Waals surface area contributed by atoms with Crippen molar-refractivity contribution in [1.29, 1.82) is 0 Å². The molecular weight excluding hydrogens is 254 g/mol. The van der Waals surface area contributed by atoms with Gasteiger partial charge in [-0.1, -0.05) is 11.6 Å². The van der Waals surface area contributed by atoms with Gasteiger partial charge < -0.3 is 21.9 Å². The van der Waals surface area contributed by atoms with Gasteiger partial charge in [0.1, 0.15) is 5.16 Å². The van der Waals surface area contributed by atoms with Crippen LogP contribution in [0.2, 0.25) is 0 Å². The fraction of sp³-hybridized carbons (Fsp3) is 0.583. The Labute approximate surface area is 112 Å². The van der Waals surface area contributed by atoms with Crippen molar-refractivity contribution < 1.29 is 9.90 Å². The summed E-state index contributed by atoms with van der Waals surface area (Å²) in [4.78, 5) is 11.0. The summed E-state index contributed by atoms with van der Waals surface area (Å²) in [7, 11) is 0. The maximum Gasteiger partial charge on any atom is 0.333 e. The van der Waals surface area contributed by atoms with E-state index >= 15 is 0 Å². The summed E-state index contributed by atoms with van der Waals surface area (Å²) in [6.07, 6.45) is 5.18. The number of hydrogen-bond acceptors (Lipinski definition) is 4. The van der Waals surface area contributed by atoms with Crippen LogP contribution in [-0.4, -0.2) is 23.2 Å². The van der Waals surface area contributed by atoms with Crippen LogP contribution in [-0.2, 0) is 4.79 Å². The van der Waals surface area contributed by atoms with Gasteiger partial charge in [-0.2, -0.15) is 0 Å². The zero-order valence-corrected chi connectivity index (χ0v) is 11.2. The van der Waals surface area contributed by atoms with Crippen LogP contribution in [0.4, 0.5) is 0 Å². The van der Waals surface area contributed by atoms with Crippen molar-refractivity contribution in [2.45, 2.75) is 44.7 Å². The van der Waals surface area contributed by atoms with E-state index in [1.165, 1.54) is 13.0 Å².